The highest BCUT2D eigenvalue weighted by Gasteiger charge is 2.11. The van der Waals surface area contributed by atoms with Crippen LogP contribution in [0, 0.1) is 0 Å². The van der Waals surface area contributed by atoms with Crippen LogP contribution in [0.15, 0.2) is 35.9 Å². The van der Waals surface area contributed by atoms with Gasteiger partial charge in [-0.3, -0.25) is 4.90 Å². The predicted molar refractivity (Wildman–Crippen MR) is 77.5 cm³/mol. The summed E-state index contributed by atoms with van der Waals surface area (Å²) < 4.78 is 0. The fraction of sp³-hybridized carbons (Fsp3) is 0.500. The zero-order valence-electron chi connectivity index (χ0n) is 11.6. The maximum atomic E-state index is 3.42. The Kier molecular flexibility index (Phi) is 4.97. The Morgan fingerprint density at radius 3 is 2.72 bits per heavy atom. The standard InChI is InChI=1S/C16H24N2/c1-3-17-11-15-8-4-5-9-16(15)13-18-10-6-7-14(2)12-18/h4-5,7-9,17H,3,6,10-13H2,1-2H3. The fourth-order valence-electron chi connectivity index (χ4n) is 2.51. The lowest BCUT2D eigenvalue weighted by atomic mass is 10.1. The maximum Gasteiger partial charge on any atom is 0.0240 e. The molecule has 18 heavy (non-hydrogen) atoms. The van der Waals surface area contributed by atoms with Crippen molar-refractivity contribution in [3.05, 3.63) is 47.0 Å². The van der Waals surface area contributed by atoms with Gasteiger partial charge in [0.05, 0.1) is 0 Å². The second kappa shape index (κ2) is 6.72. The first-order valence-corrected chi connectivity index (χ1v) is 6.95. The lowest BCUT2D eigenvalue weighted by Crippen LogP contribution is -2.29. The van der Waals surface area contributed by atoms with Crippen molar-refractivity contribution in [3.8, 4) is 0 Å². The molecule has 1 aliphatic heterocycles. The van der Waals surface area contributed by atoms with Gasteiger partial charge in [0.2, 0.25) is 0 Å². The molecule has 0 amide bonds. The summed E-state index contributed by atoms with van der Waals surface area (Å²) in [5.74, 6) is 0. The molecule has 0 bridgehead atoms. The van der Waals surface area contributed by atoms with Crippen LogP contribution in [0.3, 0.4) is 0 Å². The summed E-state index contributed by atoms with van der Waals surface area (Å²) in [6.07, 6.45) is 3.56. The molecule has 1 aromatic carbocycles. The van der Waals surface area contributed by atoms with E-state index < -0.39 is 0 Å². The molecule has 2 nitrogen and oxygen atoms in total. The minimum absolute atomic E-state index is 0.981. The topological polar surface area (TPSA) is 15.3 Å². The highest BCUT2D eigenvalue weighted by atomic mass is 15.1. The van der Waals surface area contributed by atoms with Gasteiger partial charge in [0.25, 0.3) is 0 Å². The second-order valence-corrected chi connectivity index (χ2v) is 5.10. The van der Waals surface area contributed by atoms with E-state index in [0.717, 1.165) is 26.2 Å². The smallest absolute Gasteiger partial charge is 0.0240 e. The number of nitrogens with one attached hydrogen (secondary N) is 1. The average molecular weight is 244 g/mol. The van der Waals surface area contributed by atoms with Crippen LogP contribution in [-0.2, 0) is 13.1 Å². The van der Waals surface area contributed by atoms with Gasteiger partial charge in [-0.05, 0) is 31.0 Å². The molecule has 0 atom stereocenters. The second-order valence-electron chi connectivity index (χ2n) is 5.10. The minimum Gasteiger partial charge on any atom is -0.313 e. The third kappa shape index (κ3) is 3.69. The Labute approximate surface area is 111 Å². The summed E-state index contributed by atoms with van der Waals surface area (Å²) in [4.78, 5) is 2.54. The summed E-state index contributed by atoms with van der Waals surface area (Å²) in [6.45, 7) is 9.78. The largest absolute Gasteiger partial charge is 0.313 e. The van der Waals surface area contributed by atoms with E-state index in [1.54, 1.807) is 0 Å². The third-order valence-corrected chi connectivity index (χ3v) is 3.49. The van der Waals surface area contributed by atoms with Crippen LogP contribution in [0.5, 0.6) is 0 Å². The molecule has 1 aliphatic rings. The van der Waals surface area contributed by atoms with Crippen molar-refractivity contribution in [2.45, 2.75) is 33.4 Å². The minimum atomic E-state index is 0.981. The SMILES string of the molecule is CCNCc1ccccc1CN1CCC=C(C)C1. The molecule has 0 aromatic heterocycles. The van der Waals surface area contributed by atoms with Crippen LogP contribution in [0.1, 0.15) is 31.4 Å². The number of benzene rings is 1. The van der Waals surface area contributed by atoms with Crippen molar-refractivity contribution in [1.82, 2.24) is 10.2 Å². The molecule has 1 aromatic rings. The molecule has 1 N–H and O–H groups in total. The van der Waals surface area contributed by atoms with Crippen molar-refractivity contribution in [2.24, 2.45) is 0 Å². The van der Waals surface area contributed by atoms with Crippen molar-refractivity contribution in [1.29, 1.82) is 0 Å². The lowest BCUT2D eigenvalue weighted by Gasteiger charge is -2.27. The maximum absolute atomic E-state index is 3.42. The number of hydrogen-bond donors (Lipinski definition) is 1. The van der Waals surface area contributed by atoms with Crippen LogP contribution in [0.2, 0.25) is 0 Å². The highest BCUT2D eigenvalue weighted by molar-refractivity contribution is 5.27. The van der Waals surface area contributed by atoms with Gasteiger partial charge in [-0.2, -0.15) is 0 Å². The van der Waals surface area contributed by atoms with Gasteiger partial charge in [0.1, 0.15) is 0 Å². The molecule has 1 heterocycles. The highest BCUT2D eigenvalue weighted by Crippen LogP contribution is 2.16. The van der Waals surface area contributed by atoms with Crippen LogP contribution in [0.4, 0.5) is 0 Å². The third-order valence-electron chi connectivity index (χ3n) is 3.49. The summed E-state index contributed by atoms with van der Waals surface area (Å²) >= 11 is 0. The number of nitrogens with zero attached hydrogens (tertiary/aromatic N) is 1. The summed E-state index contributed by atoms with van der Waals surface area (Å²) in [5, 5.41) is 3.42. The van der Waals surface area contributed by atoms with Crippen molar-refractivity contribution < 1.29 is 0 Å². The molecule has 0 radical (unpaired) electrons. The molecule has 0 unspecified atom stereocenters. The first-order valence-electron chi connectivity index (χ1n) is 6.95. The molecule has 2 heteroatoms. The van der Waals surface area contributed by atoms with E-state index >= 15 is 0 Å². The molecule has 0 spiro atoms. The Balaban J connectivity index is 2.02. The average Bonchev–Trinajstić information content (AvgIpc) is 2.38. The van der Waals surface area contributed by atoms with E-state index in [4.69, 9.17) is 0 Å². The molecule has 0 fully saturated rings. The van der Waals surface area contributed by atoms with Crippen LogP contribution >= 0.6 is 0 Å². The van der Waals surface area contributed by atoms with Crippen molar-refractivity contribution in [2.75, 3.05) is 19.6 Å². The van der Waals surface area contributed by atoms with Crippen LogP contribution in [-0.4, -0.2) is 24.5 Å². The Bertz CT molecular complexity index is 409. The molecular weight excluding hydrogens is 220 g/mol. The van der Waals surface area contributed by atoms with Crippen LogP contribution < -0.4 is 5.32 Å². The van der Waals surface area contributed by atoms with E-state index in [1.807, 2.05) is 0 Å². The summed E-state index contributed by atoms with van der Waals surface area (Å²) in [6, 6.07) is 8.79. The Hall–Kier alpha value is -1.12. The first kappa shape index (κ1) is 13.3. The molecule has 0 saturated heterocycles. The van der Waals surface area contributed by atoms with Gasteiger partial charge in [-0.25, -0.2) is 0 Å². The van der Waals surface area contributed by atoms with E-state index in [-0.39, 0.29) is 0 Å². The molecular formula is C16H24N2. The zero-order valence-corrected chi connectivity index (χ0v) is 11.6. The summed E-state index contributed by atoms with van der Waals surface area (Å²) in [7, 11) is 0. The summed E-state index contributed by atoms with van der Waals surface area (Å²) in [5.41, 5.74) is 4.41. The fourth-order valence-corrected chi connectivity index (χ4v) is 2.51. The predicted octanol–water partition coefficient (Wildman–Crippen LogP) is 2.95. The zero-order chi connectivity index (χ0) is 12.8. The van der Waals surface area contributed by atoms with Crippen LogP contribution in [0.25, 0.3) is 0 Å². The van der Waals surface area contributed by atoms with Crippen molar-refractivity contribution in [3.63, 3.8) is 0 Å². The number of rotatable bonds is 5. The quantitative estimate of drug-likeness (QED) is 0.801. The molecule has 0 saturated carbocycles. The van der Waals surface area contributed by atoms with Gasteiger partial charge in [-0.1, -0.05) is 42.8 Å². The molecule has 0 aliphatic carbocycles. The van der Waals surface area contributed by atoms with E-state index in [1.165, 1.54) is 29.7 Å². The van der Waals surface area contributed by atoms with Gasteiger partial charge < -0.3 is 5.32 Å². The van der Waals surface area contributed by atoms with Gasteiger partial charge in [0.15, 0.2) is 0 Å². The van der Waals surface area contributed by atoms with E-state index in [0.29, 0.717) is 0 Å². The monoisotopic (exact) mass is 244 g/mol. The molecule has 2 rings (SSSR count). The van der Waals surface area contributed by atoms with Gasteiger partial charge >= 0.3 is 0 Å². The Morgan fingerprint density at radius 1 is 1.22 bits per heavy atom. The molecule has 98 valence electrons. The van der Waals surface area contributed by atoms with Gasteiger partial charge in [0, 0.05) is 26.2 Å². The van der Waals surface area contributed by atoms with E-state index in [9.17, 15) is 0 Å². The normalized spacial score (nSPS) is 16.7. The number of hydrogen-bond acceptors (Lipinski definition) is 2. The van der Waals surface area contributed by atoms with E-state index in [2.05, 4.69) is 54.4 Å². The Morgan fingerprint density at radius 2 is 2.00 bits per heavy atom. The lowest BCUT2D eigenvalue weighted by molar-refractivity contribution is 0.281. The van der Waals surface area contributed by atoms with Gasteiger partial charge in [-0.15, -0.1) is 0 Å². The van der Waals surface area contributed by atoms with Crippen molar-refractivity contribution >= 4 is 0 Å². The first-order chi connectivity index (χ1) is 8.79.